The summed E-state index contributed by atoms with van der Waals surface area (Å²) < 4.78 is 10.8. The standard InChI is InChI=1S/C15H19N5O4/c1-8(21)12-9(22)6-10(24-12)15(4-3-5-23-2)11-13(16)17-7-18-14(11)19-20-15/h7-10,12,21-22H,5-6H2,1-2H3,(H2,16,17,18). The molecule has 3 rings (SSSR count). The number of hydrogen-bond donors (Lipinski definition) is 3. The molecule has 1 aromatic heterocycles. The molecule has 9 heteroatoms. The van der Waals surface area contributed by atoms with E-state index in [0.717, 1.165) is 0 Å². The van der Waals surface area contributed by atoms with Crippen molar-refractivity contribution in [3.8, 4) is 11.8 Å². The van der Waals surface area contributed by atoms with E-state index < -0.39 is 30.0 Å². The number of methoxy groups -OCH3 is 1. The van der Waals surface area contributed by atoms with Gasteiger partial charge in [-0.05, 0) is 6.92 Å². The highest BCUT2D eigenvalue weighted by atomic mass is 16.5. The molecule has 128 valence electrons. The normalized spacial score (nSPS) is 32.2. The summed E-state index contributed by atoms with van der Waals surface area (Å²) in [6, 6.07) is 0. The van der Waals surface area contributed by atoms with Gasteiger partial charge >= 0.3 is 0 Å². The van der Waals surface area contributed by atoms with Gasteiger partial charge in [0.2, 0.25) is 5.54 Å². The molecular weight excluding hydrogens is 314 g/mol. The Morgan fingerprint density at radius 3 is 3.00 bits per heavy atom. The van der Waals surface area contributed by atoms with Crippen LogP contribution in [0, 0.1) is 11.8 Å². The molecule has 2 aliphatic rings. The molecule has 24 heavy (non-hydrogen) atoms. The van der Waals surface area contributed by atoms with Crippen molar-refractivity contribution in [3.05, 3.63) is 11.9 Å². The number of nitrogen functional groups attached to an aromatic ring is 1. The monoisotopic (exact) mass is 333 g/mol. The lowest BCUT2D eigenvalue weighted by atomic mass is 9.84. The summed E-state index contributed by atoms with van der Waals surface area (Å²) >= 11 is 0. The van der Waals surface area contributed by atoms with Gasteiger partial charge < -0.3 is 25.4 Å². The minimum atomic E-state index is -1.23. The van der Waals surface area contributed by atoms with E-state index in [1.165, 1.54) is 13.4 Å². The third-order valence-electron chi connectivity index (χ3n) is 4.13. The second kappa shape index (κ2) is 6.41. The van der Waals surface area contributed by atoms with Crippen molar-refractivity contribution in [1.29, 1.82) is 0 Å². The average molecular weight is 333 g/mol. The Balaban J connectivity index is 2.05. The van der Waals surface area contributed by atoms with Gasteiger partial charge in [0, 0.05) is 13.5 Å². The summed E-state index contributed by atoms with van der Waals surface area (Å²) in [5.41, 5.74) is 5.23. The first-order chi connectivity index (χ1) is 11.5. The molecule has 1 aromatic rings. The number of ether oxygens (including phenoxy) is 2. The van der Waals surface area contributed by atoms with Crippen molar-refractivity contribution in [1.82, 2.24) is 9.97 Å². The van der Waals surface area contributed by atoms with Crippen molar-refractivity contribution in [2.24, 2.45) is 10.2 Å². The minimum absolute atomic E-state index is 0.190. The van der Waals surface area contributed by atoms with Crippen LogP contribution in [0.5, 0.6) is 0 Å². The summed E-state index contributed by atoms with van der Waals surface area (Å²) in [6.45, 7) is 1.75. The molecular formula is C15H19N5O4. The zero-order valence-corrected chi connectivity index (χ0v) is 13.4. The summed E-state index contributed by atoms with van der Waals surface area (Å²) in [5, 5.41) is 28.3. The first-order valence-electron chi connectivity index (χ1n) is 7.54. The predicted molar refractivity (Wildman–Crippen MR) is 83.3 cm³/mol. The Morgan fingerprint density at radius 1 is 1.54 bits per heavy atom. The van der Waals surface area contributed by atoms with Crippen LogP contribution in [0.15, 0.2) is 16.6 Å². The SMILES string of the molecule is COCC#CC1(C2CC(O)C(C(C)O)O2)N=Nc2ncnc(N)c21. The predicted octanol–water partition coefficient (Wildman–Crippen LogP) is -0.0996. The second-order valence-corrected chi connectivity index (χ2v) is 5.79. The second-order valence-electron chi connectivity index (χ2n) is 5.79. The van der Waals surface area contributed by atoms with Gasteiger partial charge in [-0.1, -0.05) is 11.8 Å². The van der Waals surface area contributed by atoms with Crippen LogP contribution in [0.1, 0.15) is 18.9 Å². The maximum atomic E-state index is 10.2. The number of aliphatic hydroxyl groups excluding tert-OH is 2. The Labute approximate surface area is 138 Å². The van der Waals surface area contributed by atoms with Crippen molar-refractivity contribution in [2.75, 3.05) is 19.5 Å². The number of aliphatic hydroxyl groups is 2. The smallest absolute Gasteiger partial charge is 0.200 e. The summed E-state index contributed by atoms with van der Waals surface area (Å²) in [5.74, 6) is 6.39. The van der Waals surface area contributed by atoms with Crippen LogP contribution in [0.4, 0.5) is 11.6 Å². The highest BCUT2D eigenvalue weighted by molar-refractivity contribution is 5.62. The fourth-order valence-electron chi connectivity index (χ4n) is 3.04. The van der Waals surface area contributed by atoms with Crippen LogP contribution >= 0.6 is 0 Å². The number of nitrogens with zero attached hydrogens (tertiary/aromatic N) is 4. The van der Waals surface area contributed by atoms with Crippen LogP contribution < -0.4 is 5.73 Å². The van der Waals surface area contributed by atoms with E-state index in [4.69, 9.17) is 15.2 Å². The quantitative estimate of drug-likeness (QED) is 0.657. The molecule has 0 aliphatic carbocycles. The van der Waals surface area contributed by atoms with Gasteiger partial charge in [0.25, 0.3) is 0 Å². The van der Waals surface area contributed by atoms with Crippen molar-refractivity contribution in [3.63, 3.8) is 0 Å². The highest BCUT2D eigenvalue weighted by Crippen LogP contribution is 2.48. The zero-order chi connectivity index (χ0) is 17.3. The number of nitrogens with two attached hydrogens (primary N) is 1. The lowest BCUT2D eigenvalue weighted by molar-refractivity contribution is -0.0689. The minimum Gasteiger partial charge on any atom is -0.391 e. The van der Waals surface area contributed by atoms with Crippen LogP contribution in [0.3, 0.4) is 0 Å². The van der Waals surface area contributed by atoms with E-state index in [-0.39, 0.29) is 18.8 Å². The molecule has 5 unspecified atom stereocenters. The topological polar surface area (TPSA) is 135 Å². The van der Waals surface area contributed by atoms with Gasteiger partial charge in [0.15, 0.2) is 5.82 Å². The van der Waals surface area contributed by atoms with Crippen LogP contribution in [0.2, 0.25) is 0 Å². The van der Waals surface area contributed by atoms with E-state index >= 15 is 0 Å². The Bertz CT molecular complexity index is 714. The van der Waals surface area contributed by atoms with Gasteiger partial charge in [-0.2, -0.15) is 5.11 Å². The number of aromatic nitrogens is 2. The van der Waals surface area contributed by atoms with Gasteiger partial charge in [0.05, 0.1) is 17.8 Å². The summed E-state index contributed by atoms with van der Waals surface area (Å²) in [4.78, 5) is 8.07. The molecule has 3 heterocycles. The van der Waals surface area contributed by atoms with Crippen LogP contribution in [-0.4, -0.2) is 58.3 Å². The number of hydrogen-bond acceptors (Lipinski definition) is 9. The van der Waals surface area contributed by atoms with Crippen LogP contribution in [-0.2, 0) is 15.0 Å². The lowest BCUT2D eigenvalue weighted by Gasteiger charge is -2.27. The molecule has 1 saturated heterocycles. The van der Waals surface area contributed by atoms with Crippen molar-refractivity contribution in [2.45, 2.75) is 43.3 Å². The van der Waals surface area contributed by atoms with E-state index in [2.05, 4.69) is 32.0 Å². The number of anilines is 1. The number of azo groups is 1. The molecule has 0 radical (unpaired) electrons. The molecule has 2 aliphatic heterocycles. The first kappa shape index (κ1) is 16.7. The maximum absolute atomic E-state index is 10.2. The largest absolute Gasteiger partial charge is 0.391 e. The van der Waals surface area contributed by atoms with Gasteiger partial charge in [-0.25, -0.2) is 9.97 Å². The molecule has 0 bridgehead atoms. The Kier molecular flexibility index (Phi) is 4.47. The summed E-state index contributed by atoms with van der Waals surface area (Å²) in [7, 11) is 1.53. The Hall–Kier alpha value is -2.12. The third-order valence-corrected chi connectivity index (χ3v) is 4.13. The van der Waals surface area contributed by atoms with Crippen molar-refractivity contribution >= 4 is 11.6 Å². The van der Waals surface area contributed by atoms with E-state index in [1.807, 2.05) is 0 Å². The fraction of sp³-hybridized carbons (Fsp3) is 0.600. The average Bonchev–Trinajstić information content (AvgIpc) is 3.11. The molecule has 1 fully saturated rings. The molecule has 0 aromatic carbocycles. The number of rotatable bonds is 3. The van der Waals surface area contributed by atoms with Crippen LogP contribution in [0.25, 0.3) is 0 Å². The van der Waals surface area contributed by atoms with Crippen molar-refractivity contribution < 1.29 is 19.7 Å². The zero-order valence-electron chi connectivity index (χ0n) is 13.4. The van der Waals surface area contributed by atoms with E-state index in [1.54, 1.807) is 6.92 Å². The molecule has 9 nitrogen and oxygen atoms in total. The van der Waals surface area contributed by atoms with E-state index in [0.29, 0.717) is 11.4 Å². The first-order valence-corrected chi connectivity index (χ1v) is 7.54. The molecule has 0 spiro atoms. The highest BCUT2D eigenvalue weighted by Gasteiger charge is 2.53. The number of fused-ring (bicyclic) bond motifs is 1. The fourth-order valence-corrected chi connectivity index (χ4v) is 3.04. The van der Waals surface area contributed by atoms with E-state index in [9.17, 15) is 10.2 Å². The van der Waals surface area contributed by atoms with Gasteiger partial charge in [0.1, 0.15) is 31.0 Å². The molecule has 4 N–H and O–H groups in total. The summed E-state index contributed by atoms with van der Waals surface area (Å²) in [6.07, 6.45) is -1.54. The van der Waals surface area contributed by atoms with Gasteiger partial charge in [-0.3, -0.25) is 0 Å². The molecule has 0 amide bonds. The Morgan fingerprint density at radius 2 is 2.33 bits per heavy atom. The molecule has 0 saturated carbocycles. The lowest BCUT2D eigenvalue weighted by Crippen LogP contribution is -2.37. The maximum Gasteiger partial charge on any atom is 0.200 e. The third kappa shape index (κ3) is 2.63. The molecule has 5 atom stereocenters. The van der Waals surface area contributed by atoms with Gasteiger partial charge in [-0.15, -0.1) is 5.11 Å².